The average Bonchev–Trinajstić information content (AvgIpc) is 2.27. The van der Waals surface area contributed by atoms with E-state index in [0.29, 0.717) is 5.75 Å². The minimum Gasteiger partial charge on any atom is -0.478 e. The van der Waals surface area contributed by atoms with E-state index in [1.54, 1.807) is 52.9 Å². The first kappa shape index (κ1) is 11.8. The van der Waals surface area contributed by atoms with Crippen LogP contribution in [-0.2, 0) is 0 Å². The Bertz CT molecular complexity index is 606. The Hall–Kier alpha value is -1.63. The van der Waals surface area contributed by atoms with Crippen molar-refractivity contribution < 1.29 is 19.4 Å². The molecule has 0 spiro atoms. The first-order valence-corrected chi connectivity index (χ1v) is 5.78. The molecule has 0 bridgehead atoms. The molecular weight excluding hydrogens is 335 g/mol. The summed E-state index contributed by atoms with van der Waals surface area (Å²) in [4.78, 5) is 21.6. The van der Waals surface area contributed by atoms with Crippen LogP contribution in [0.2, 0.25) is 0 Å². The van der Waals surface area contributed by atoms with E-state index in [0.717, 1.165) is 10.8 Å². The van der Waals surface area contributed by atoms with Crippen molar-refractivity contribution >= 4 is 43.3 Å². The van der Waals surface area contributed by atoms with E-state index >= 15 is 0 Å². The highest BCUT2D eigenvalue weighted by atomic mass is 127. The SMILES string of the molecule is O=C(I)Oc1ccc2cc(C(=O)O)ccc2c1. The van der Waals surface area contributed by atoms with Crippen LogP contribution in [0.4, 0.5) is 4.79 Å². The smallest absolute Gasteiger partial charge is 0.372 e. The third kappa shape index (κ3) is 2.73. The van der Waals surface area contributed by atoms with Crippen LogP contribution in [0.1, 0.15) is 10.4 Å². The lowest BCUT2D eigenvalue weighted by Crippen LogP contribution is -1.96. The molecule has 0 heterocycles. The van der Waals surface area contributed by atoms with E-state index in [1.165, 1.54) is 6.07 Å². The Morgan fingerprint density at radius 1 is 1.06 bits per heavy atom. The maximum absolute atomic E-state index is 10.8. The summed E-state index contributed by atoms with van der Waals surface area (Å²) in [6, 6.07) is 9.82. The number of benzene rings is 2. The van der Waals surface area contributed by atoms with Crippen molar-refractivity contribution in [2.45, 2.75) is 0 Å². The quantitative estimate of drug-likeness (QED) is 0.671. The molecule has 2 aromatic rings. The highest BCUT2D eigenvalue weighted by Gasteiger charge is 2.05. The minimum absolute atomic E-state index is 0.233. The fourth-order valence-electron chi connectivity index (χ4n) is 1.51. The minimum atomic E-state index is -0.963. The molecule has 0 aliphatic heterocycles. The lowest BCUT2D eigenvalue weighted by molar-refractivity contribution is 0.0697. The van der Waals surface area contributed by atoms with Gasteiger partial charge in [-0.3, -0.25) is 0 Å². The fourth-order valence-corrected chi connectivity index (χ4v) is 1.77. The number of ether oxygens (including phenoxy) is 1. The van der Waals surface area contributed by atoms with Gasteiger partial charge in [-0.05, 0) is 35.0 Å². The third-order valence-electron chi connectivity index (χ3n) is 2.26. The summed E-state index contributed by atoms with van der Waals surface area (Å²) in [6.45, 7) is 0. The van der Waals surface area contributed by atoms with Gasteiger partial charge in [0.2, 0.25) is 0 Å². The van der Waals surface area contributed by atoms with Crippen LogP contribution in [0.25, 0.3) is 10.8 Å². The average molecular weight is 342 g/mol. The highest BCUT2D eigenvalue weighted by Crippen LogP contribution is 2.22. The Labute approximate surface area is 110 Å². The van der Waals surface area contributed by atoms with E-state index < -0.39 is 9.95 Å². The van der Waals surface area contributed by atoms with Gasteiger partial charge in [0.05, 0.1) is 28.2 Å². The number of carboxylic acids is 1. The van der Waals surface area contributed by atoms with Crippen LogP contribution < -0.4 is 4.74 Å². The number of aromatic carboxylic acids is 1. The van der Waals surface area contributed by atoms with Gasteiger partial charge in [0, 0.05) is 0 Å². The van der Waals surface area contributed by atoms with Gasteiger partial charge in [0.15, 0.2) is 0 Å². The third-order valence-corrected chi connectivity index (χ3v) is 2.48. The van der Waals surface area contributed by atoms with Crippen molar-refractivity contribution in [2.75, 3.05) is 0 Å². The molecule has 0 unspecified atom stereocenters. The van der Waals surface area contributed by atoms with Crippen molar-refractivity contribution in [2.24, 2.45) is 0 Å². The molecule has 86 valence electrons. The van der Waals surface area contributed by atoms with Crippen molar-refractivity contribution in [3.63, 3.8) is 0 Å². The number of rotatable bonds is 2. The molecule has 4 nitrogen and oxygen atoms in total. The zero-order chi connectivity index (χ0) is 12.4. The summed E-state index contributed by atoms with van der Waals surface area (Å²) >= 11 is 1.54. The van der Waals surface area contributed by atoms with E-state index in [9.17, 15) is 9.59 Å². The van der Waals surface area contributed by atoms with Crippen LogP contribution in [-0.4, -0.2) is 15.1 Å². The van der Waals surface area contributed by atoms with E-state index in [2.05, 4.69) is 0 Å². The zero-order valence-corrected chi connectivity index (χ0v) is 10.7. The molecule has 1 N–H and O–H groups in total. The second kappa shape index (κ2) is 4.70. The van der Waals surface area contributed by atoms with Crippen molar-refractivity contribution in [3.05, 3.63) is 42.0 Å². The maximum Gasteiger partial charge on any atom is 0.372 e. The standard InChI is InChI=1S/C12H7IO4/c13-12(16)17-10-4-3-7-5-9(11(14)15)2-1-8(7)6-10/h1-6H,(H,14,15). The number of hydrogen-bond donors (Lipinski definition) is 1. The number of halogens is 1. The lowest BCUT2D eigenvalue weighted by atomic mass is 10.1. The molecule has 2 aromatic carbocycles. The summed E-state index contributed by atoms with van der Waals surface area (Å²) < 4.78 is 4.52. The molecule has 2 rings (SSSR count). The van der Waals surface area contributed by atoms with Crippen LogP contribution >= 0.6 is 22.6 Å². The largest absolute Gasteiger partial charge is 0.478 e. The van der Waals surface area contributed by atoms with E-state index in [1.807, 2.05) is 0 Å². The fraction of sp³-hybridized carbons (Fsp3) is 0. The molecule has 0 saturated carbocycles. The molecule has 0 aromatic heterocycles. The Morgan fingerprint density at radius 3 is 2.35 bits per heavy atom. The number of carbonyl (C=O) groups is 2. The van der Waals surface area contributed by atoms with Gasteiger partial charge in [-0.25, -0.2) is 9.59 Å². The summed E-state index contributed by atoms with van der Waals surface area (Å²) in [5.41, 5.74) is 0.233. The Balaban J connectivity index is 2.46. The second-order valence-electron chi connectivity index (χ2n) is 3.37. The molecule has 0 fully saturated rings. The monoisotopic (exact) mass is 342 g/mol. The van der Waals surface area contributed by atoms with E-state index in [-0.39, 0.29) is 5.56 Å². The first-order valence-electron chi connectivity index (χ1n) is 4.71. The molecule has 0 saturated heterocycles. The van der Waals surface area contributed by atoms with Gasteiger partial charge in [0.25, 0.3) is 0 Å². The number of carbonyl (C=O) groups excluding carboxylic acids is 1. The molecule has 17 heavy (non-hydrogen) atoms. The number of hydrogen-bond acceptors (Lipinski definition) is 3. The Kier molecular flexibility index (Phi) is 3.28. The summed E-state index contributed by atoms with van der Waals surface area (Å²) in [7, 11) is 0. The topological polar surface area (TPSA) is 63.6 Å². The molecule has 0 atom stereocenters. The second-order valence-corrected chi connectivity index (χ2v) is 4.25. The molecule has 5 heteroatoms. The van der Waals surface area contributed by atoms with Crippen molar-refractivity contribution in [1.29, 1.82) is 0 Å². The first-order chi connectivity index (χ1) is 8.06. The lowest BCUT2D eigenvalue weighted by Gasteiger charge is -2.03. The summed E-state index contributed by atoms with van der Waals surface area (Å²) in [5.74, 6) is -0.519. The molecule has 0 aliphatic rings. The predicted octanol–water partition coefficient (Wildman–Crippen LogP) is 3.47. The molecule has 0 amide bonds. The number of carboxylic acid groups (broad SMARTS) is 1. The number of fused-ring (bicyclic) bond motifs is 1. The van der Waals surface area contributed by atoms with Gasteiger partial charge in [0.1, 0.15) is 5.75 Å². The molecule has 0 radical (unpaired) electrons. The van der Waals surface area contributed by atoms with E-state index in [4.69, 9.17) is 9.84 Å². The maximum atomic E-state index is 10.8. The van der Waals surface area contributed by atoms with Gasteiger partial charge >= 0.3 is 9.95 Å². The summed E-state index contributed by atoms with van der Waals surface area (Å²) in [6.07, 6.45) is 0. The summed E-state index contributed by atoms with van der Waals surface area (Å²) in [5, 5.41) is 10.5. The molecular formula is C12H7IO4. The predicted molar refractivity (Wildman–Crippen MR) is 71.0 cm³/mol. The Morgan fingerprint density at radius 2 is 1.71 bits per heavy atom. The van der Waals surface area contributed by atoms with Gasteiger partial charge < -0.3 is 9.84 Å². The van der Waals surface area contributed by atoms with Crippen molar-refractivity contribution in [3.8, 4) is 5.75 Å². The van der Waals surface area contributed by atoms with Gasteiger partial charge in [-0.15, -0.1) is 0 Å². The van der Waals surface area contributed by atoms with Crippen LogP contribution in [0.5, 0.6) is 5.75 Å². The zero-order valence-electron chi connectivity index (χ0n) is 8.51. The van der Waals surface area contributed by atoms with Crippen LogP contribution in [0.15, 0.2) is 36.4 Å². The highest BCUT2D eigenvalue weighted by molar-refractivity contribution is 14.1. The normalized spacial score (nSPS) is 10.2. The van der Waals surface area contributed by atoms with Crippen LogP contribution in [0.3, 0.4) is 0 Å². The molecule has 0 aliphatic carbocycles. The van der Waals surface area contributed by atoms with Gasteiger partial charge in [-0.2, -0.15) is 0 Å². The van der Waals surface area contributed by atoms with Crippen LogP contribution in [0, 0.1) is 0 Å². The van der Waals surface area contributed by atoms with Crippen molar-refractivity contribution in [1.82, 2.24) is 0 Å². The van der Waals surface area contributed by atoms with Gasteiger partial charge in [-0.1, -0.05) is 12.1 Å².